The number of hydrogen-bond donors (Lipinski definition) is 1. The molecule has 2 aliphatic heterocycles. The summed E-state index contributed by atoms with van der Waals surface area (Å²) in [5.74, 6) is -0.657. The molecule has 3 aliphatic rings. The van der Waals surface area contributed by atoms with Crippen LogP contribution in [0.3, 0.4) is 0 Å². The molecule has 266 valence electrons. The summed E-state index contributed by atoms with van der Waals surface area (Å²) in [4.78, 5) is 58.0. The van der Waals surface area contributed by atoms with Crippen LogP contribution in [-0.2, 0) is 39.7 Å². The Labute approximate surface area is 291 Å². The summed E-state index contributed by atoms with van der Waals surface area (Å²) in [7, 11) is 0. The first-order valence-electron chi connectivity index (χ1n) is 17.0. The number of aliphatic imine (C=N–C) groups is 1. The molecule has 2 amide bonds. The summed E-state index contributed by atoms with van der Waals surface area (Å²) in [6, 6.07) is 14.5. The van der Waals surface area contributed by atoms with Gasteiger partial charge in [0.1, 0.15) is 18.5 Å². The molecule has 5 rings (SSSR count). The van der Waals surface area contributed by atoms with Crippen molar-refractivity contribution in [3.05, 3.63) is 83.6 Å². The number of anilines is 1. The smallest absolute Gasteiger partial charge is 0.444 e. The van der Waals surface area contributed by atoms with Crippen molar-refractivity contribution in [1.82, 2.24) is 4.90 Å². The Hall–Kier alpha value is -5.17. The summed E-state index contributed by atoms with van der Waals surface area (Å²) < 4.78 is 26.1. The van der Waals surface area contributed by atoms with Crippen molar-refractivity contribution in [3.8, 4) is 0 Å². The van der Waals surface area contributed by atoms with E-state index in [1.54, 1.807) is 29.2 Å². The second-order valence-electron chi connectivity index (χ2n) is 12.2. The summed E-state index contributed by atoms with van der Waals surface area (Å²) in [6.07, 6.45) is 3.89. The minimum Gasteiger partial charge on any atom is -0.444 e. The summed E-state index contributed by atoms with van der Waals surface area (Å²) in [6.45, 7) is 7.82. The maximum absolute atomic E-state index is 14.0. The molecule has 50 heavy (non-hydrogen) atoms. The minimum absolute atomic E-state index is 0.00283. The number of nitrogens with zero attached hydrogens (tertiary/aromatic N) is 3. The highest BCUT2D eigenvalue weighted by molar-refractivity contribution is 6.29. The maximum atomic E-state index is 14.0. The number of amidine groups is 1. The van der Waals surface area contributed by atoms with Gasteiger partial charge in [-0.05, 0) is 67.5 Å². The fraction of sp³-hybridized carbons (Fsp3) is 0.432. The zero-order valence-corrected chi connectivity index (χ0v) is 28.3. The van der Waals surface area contributed by atoms with Crippen LogP contribution in [0.15, 0.2) is 71.9 Å². The lowest BCUT2D eigenvalue weighted by Crippen LogP contribution is -2.37. The molecule has 1 unspecified atom stereocenters. The molecule has 1 saturated heterocycles. The van der Waals surface area contributed by atoms with Gasteiger partial charge >= 0.3 is 18.2 Å². The monoisotopic (exact) mass is 688 g/mol. The van der Waals surface area contributed by atoms with E-state index in [2.05, 4.69) is 16.5 Å². The maximum Gasteiger partial charge on any atom is 0.511 e. The molecule has 2 aromatic carbocycles. The molecule has 0 radical (unpaired) electrons. The van der Waals surface area contributed by atoms with Gasteiger partial charge in [-0.2, -0.15) is 4.99 Å². The van der Waals surface area contributed by atoms with E-state index >= 15 is 0 Å². The Morgan fingerprint density at radius 2 is 1.72 bits per heavy atom. The highest BCUT2D eigenvalue weighted by Gasteiger charge is 2.35. The van der Waals surface area contributed by atoms with E-state index in [1.165, 1.54) is 13.0 Å². The Morgan fingerprint density at radius 1 is 1.02 bits per heavy atom. The number of hydrogen-bond acceptors (Lipinski definition) is 10. The molecular formula is C37H44N4O9. The van der Waals surface area contributed by atoms with Gasteiger partial charge in [-0.15, -0.1) is 0 Å². The number of morpholine rings is 1. The van der Waals surface area contributed by atoms with Crippen molar-refractivity contribution in [1.29, 1.82) is 0 Å². The average molecular weight is 689 g/mol. The van der Waals surface area contributed by atoms with Crippen LogP contribution in [0.1, 0.15) is 62.1 Å². The second kappa shape index (κ2) is 17.5. The molecule has 13 heteroatoms. The molecule has 2 heterocycles. The number of carbonyl (C=O) groups is 4. The summed E-state index contributed by atoms with van der Waals surface area (Å²) >= 11 is 0. The van der Waals surface area contributed by atoms with E-state index < -0.39 is 24.5 Å². The van der Waals surface area contributed by atoms with Crippen molar-refractivity contribution in [2.45, 2.75) is 64.3 Å². The number of aryl methyl sites for hydroxylation is 1. The van der Waals surface area contributed by atoms with Crippen molar-refractivity contribution in [3.63, 3.8) is 0 Å². The molecule has 2 aromatic rings. The van der Waals surface area contributed by atoms with Crippen LogP contribution in [0.2, 0.25) is 0 Å². The summed E-state index contributed by atoms with van der Waals surface area (Å²) in [5, 5.41) is 0. The highest BCUT2D eigenvalue weighted by atomic mass is 16.8. The van der Waals surface area contributed by atoms with Crippen LogP contribution in [-0.4, -0.2) is 86.7 Å². The molecule has 13 nitrogen and oxygen atoms in total. The van der Waals surface area contributed by atoms with Gasteiger partial charge < -0.3 is 39.2 Å². The Kier molecular flexibility index (Phi) is 12.6. The number of esters is 1. The molecule has 0 bridgehead atoms. The SMILES string of the molecule is C=CCOC(=O)N=C(N)c1ccc(N2CC(N3CCOCC3)=C(c3ccc(CCC(=O)OC(C)OC(=O)OC4CCCCC4)cc3)C2=O)cc1. The molecular weight excluding hydrogens is 644 g/mol. The van der Waals surface area contributed by atoms with E-state index in [0.717, 1.165) is 48.9 Å². The van der Waals surface area contributed by atoms with E-state index in [0.29, 0.717) is 56.1 Å². The van der Waals surface area contributed by atoms with Gasteiger partial charge in [0.25, 0.3) is 5.91 Å². The number of amides is 2. The standard InChI is InChI=1S/C37H44N4O9/c1-3-21-47-36(44)39-34(38)28-14-16-29(17-15-28)41-24-31(40-19-22-46-23-20-40)33(35(41)43)27-12-9-26(10-13-27)11-18-32(42)48-25(2)49-37(45)50-30-7-5-4-6-8-30/h3,9-10,12-17,25,30H,1,4-8,11,18-24H2,2H3,(H2,38,39,44). The van der Waals surface area contributed by atoms with E-state index in [9.17, 15) is 19.2 Å². The number of nitrogens with two attached hydrogens (primary N) is 1. The van der Waals surface area contributed by atoms with Gasteiger partial charge in [0.2, 0.25) is 6.29 Å². The van der Waals surface area contributed by atoms with Crippen LogP contribution < -0.4 is 10.6 Å². The van der Waals surface area contributed by atoms with E-state index in [1.807, 2.05) is 24.3 Å². The van der Waals surface area contributed by atoms with Crippen LogP contribution in [0, 0.1) is 0 Å². The lowest BCUT2D eigenvalue weighted by molar-refractivity contribution is -0.169. The number of benzene rings is 2. The number of carbonyl (C=O) groups excluding carboxylic acids is 4. The highest BCUT2D eigenvalue weighted by Crippen LogP contribution is 2.34. The van der Waals surface area contributed by atoms with E-state index in [-0.39, 0.29) is 30.9 Å². The Bertz CT molecular complexity index is 1590. The van der Waals surface area contributed by atoms with Gasteiger partial charge in [-0.25, -0.2) is 9.59 Å². The first-order valence-corrected chi connectivity index (χ1v) is 17.0. The van der Waals surface area contributed by atoms with Gasteiger partial charge in [-0.1, -0.05) is 43.3 Å². The first kappa shape index (κ1) is 36.1. The number of rotatable bonds is 12. The van der Waals surface area contributed by atoms with Crippen LogP contribution in [0.25, 0.3) is 5.57 Å². The predicted octanol–water partition coefficient (Wildman–Crippen LogP) is 5.11. The van der Waals surface area contributed by atoms with E-state index in [4.69, 9.17) is 29.4 Å². The third kappa shape index (κ3) is 9.71. The van der Waals surface area contributed by atoms with Crippen molar-refractivity contribution >= 4 is 41.2 Å². The van der Waals surface area contributed by atoms with Gasteiger partial charge in [-0.3, -0.25) is 9.59 Å². The van der Waals surface area contributed by atoms with Crippen LogP contribution >= 0.6 is 0 Å². The van der Waals surface area contributed by atoms with Gasteiger partial charge in [0.15, 0.2) is 0 Å². The molecule has 0 aromatic heterocycles. The average Bonchev–Trinajstić information content (AvgIpc) is 3.47. The first-order chi connectivity index (χ1) is 24.2. The molecule has 2 fully saturated rings. The third-order valence-electron chi connectivity index (χ3n) is 8.69. The van der Waals surface area contributed by atoms with Gasteiger partial charge in [0, 0.05) is 43.4 Å². The fourth-order valence-corrected chi connectivity index (χ4v) is 6.12. The van der Waals surface area contributed by atoms with Crippen molar-refractivity contribution in [2.24, 2.45) is 10.7 Å². The zero-order valence-electron chi connectivity index (χ0n) is 28.3. The number of ether oxygens (including phenoxy) is 5. The lowest BCUT2D eigenvalue weighted by atomic mass is 9.98. The minimum atomic E-state index is -1.06. The van der Waals surface area contributed by atoms with Gasteiger partial charge in [0.05, 0.1) is 25.3 Å². The lowest BCUT2D eigenvalue weighted by Gasteiger charge is -2.30. The topological polar surface area (TPSA) is 159 Å². The van der Waals surface area contributed by atoms with Crippen LogP contribution in [0.4, 0.5) is 15.3 Å². The molecule has 0 spiro atoms. The quantitative estimate of drug-likeness (QED) is 0.0788. The van der Waals surface area contributed by atoms with Crippen molar-refractivity contribution < 1.29 is 42.9 Å². The largest absolute Gasteiger partial charge is 0.511 e. The predicted molar refractivity (Wildman–Crippen MR) is 185 cm³/mol. The summed E-state index contributed by atoms with van der Waals surface area (Å²) in [5.41, 5.74) is 10.3. The van der Waals surface area contributed by atoms with Crippen LogP contribution in [0.5, 0.6) is 0 Å². The molecule has 1 atom stereocenters. The van der Waals surface area contributed by atoms with Crippen molar-refractivity contribution in [2.75, 3.05) is 44.4 Å². The fourth-order valence-electron chi connectivity index (χ4n) is 6.12. The Morgan fingerprint density at radius 3 is 2.40 bits per heavy atom. The molecule has 1 aliphatic carbocycles. The second-order valence-corrected chi connectivity index (χ2v) is 12.2. The molecule has 2 N–H and O–H groups in total. The zero-order chi connectivity index (χ0) is 35.5. The normalized spacial score (nSPS) is 17.7. The molecule has 1 saturated carbocycles. The third-order valence-corrected chi connectivity index (χ3v) is 8.69. The Balaban J connectivity index is 1.20.